The van der Waals surface area contributed by atoms with E-state index < -0.39 is 40.3 Å². The third kappa shape index (κ3) is 5.77. The first-order chi connectivity index (χ1) is 14.0. The van der Waals surface area contributed by atoms with E-state index in [1.54, 1.807) is 19.1 Å². The predicted molar refractivity (Wildman–Crippen MR) is 109 cm³/mol. The predicted octanol–water partition coefficient (Wildman–Crippen LogP) is 1.68. The third-order valence-corrected chi connectivity index (χ3v) is 6.19. The number of amides is 2. The summed E-state index contributed by atoms with van der Waals surface area (Å²) in [6.45, 7) is 4.52. The number of sulfonamides is 1. The molecule has 10 heteroatoms. The summed E-state index contributed by atoms with van der Waals surface area (Å²) in [6, 6.07) is 10.3. The molecule has 0 saturated carbocycles. The van der Waals surface area contributed by atoms with Crippen LogP contribution in [-0.2, 0) is 19.6 Å². The minimum atomic E-state index is -3.88. The molecular formula is C20H24FN3O5S. The maximum Gasteiger partial charge on any atom is 0.279 e. The number of nitrogens with one attached hydrogen (secondary N) is 2. The summed E-state index contributed by atoms with van der Waals surface area (Å²) in [5.74, 6) is -2.22. The second kappa shape index (κ2) is 9.68. The van der Waals surface area contributed by atoms with E-state index in [4.69, 9.17) is 4.74 Å². The molecule has 0 aliphatic carbocycles. The van der Waals surface area contributed by atoms with Gasteiger partial charge in [-0.1, -0.05) is 18.2 Å². The van der Waals surface area contributed by atoms with Crippen molar-refractivity contribution in [2.24, 2.45) is 0 Å². The average molecular weight is 437 g/mol. The lowest BCUT2D eigenvalue weighted by Gasteiger charge is -2.19. The van der Waals surface area contributed by atoms with Crippen LogP contribution in [0.3, 0.4) is 0 Å². The lowest BCUT2D eigenvalue weighted by Crippen LogP contribution is -2.50. The van der Waals surface area contributed by atoms with Crippen LogP contribution in [0.2, 0.25) is 0 Å². The molecule has 0 unspecified atom stereocenters. The van der Waals surface area contributed by atoms with E-state index in [1.807, 2.05) is 6.92 Å². The molecule has 162 valence electrons. The van der Waals surface area contributed by atoms with Gasteiger partial charge in [0.15, 0.2) is 17.7 Å². The average Bonchev–Trinajstić information content (AvgIpc) is 2.69. The third-order valence-electron chi connectivity index (χ3n) is 4.39. The van der Waals surface area contributed by atoms with Crippen LogP contribution in [0, 0.1) is 19.7 Å². The van der Waals surface area contributed by atoms with Crippen LogP contribution in [-0.4, -0.2) is 44.2 Å². The van der Waals surface area contributed by atoms with Gasteiger partial charge < -0.3 is 4.74 Å². The van der Waals surface area contributed by atoms with Gasteiger partial charge in [-0.05, 0) is 56.2 Å². The molecule has 2 N–H and O–H groups in total. The Kier molecular flexibility index (Phi) is 7.52. The highest BCUT2D eigenvalue weighted by Crippen LogP contribution is 2.18. The number of carbonyl (C=O) groups is 2. The fourth-order valence-electron chi connectivity index (χ4n) is 2.40. The monoisotopic (exact) mass is 437 g/mol. The van der Waals surface area contributed by atoms with Crippen LogP contribution in [0.15, 0.2) is 47.4 Å². The number of para-hydroxylation sites is 1. The zero-order valence-electron chi connectivity index (χ0n) is 17.1. The van der Waals surface area contributed by atoms with Gasteiger partial charge in [-0.25, -0.2) is 12.8 Å². The molecule has 2 aromatic rings. The van der Waals surface area contributed by atoms with E-state index in [0.29, 0.717) is 0 Å². The number of hydrogen-bond donors (Lipinski definition) is 2. The molecule has 0 aromatic heterocycles. The Morgan fingerprint density at radius 3 is 2.40 bits per heavy atom. The Balaban J connectivity index is 1.90. The number of rotatable bonds is 7. The van der Waals surface area contributed by atoms with Crippen LogP contribution in [0.25, 0.3) is 0 Å². The van der Waals surface area contributed by atoms with Crippen LogP contribution >= 0.6 is 0 Å². The fourth-order valence-corrected chi connectivity index (χ4v) is 3.61. The van der Waals surface area contributed by atoms with Gasteiger partial charge in [0.25, 0.3) is 11.8 Å². The van der Waals surface area contributed by atoms with Gasteiger partial charge >= 0.3 is 0 Å². The SMILES string of the molecule is Cc1ccc(S(=O)(=O)N(C)CC(=O)NNC(=O)[C@H](C)Oc2ccccc2F)cc1C. The molecule has 0 aliphatic heterocycles. The maximum absolute atomic E-state index is 13.6. The first-order valence-corrected chi connectivity index (χ1v) is 10.5. The zero-order valence-corrected chi connectivity index (χ0v) is 17.9. The van der Waals surface area contributed by atoms with Crippen molar-refractivity contribution in [3.63, 3.8) is 0 Å². The zero-order chi connectivity index (χ0) is 22.5. The van der Waals surface area contributed by atoms with Crippen molar-refractivity contribution in [3.05, 3.63) is 59.4 Å². The Bertz CT molecular complexity index is 1040. The summed E-state index contributed by atoms with van der Waals surface area (Å²) in [6.07, 6.45) is -1.10. The topological polar surface area (TPSA) is 105 Å². The van der Waals surface area contributed by atoms with Crippen LogP contribution < -0.4 is 15.6 Å². The largest absolute Gasteiger partial charge is 0.478 e. The molecule has 2 amide bonds. The van der Waals surface area contributed by atoms with Crippen LogP contribution in [0.4, 0.5) is 4.39 Å². The molecule has 1 atom stereocenters. The van der Waals surface area contributed by atoms with E-state index in [9.17, 15) is 22.4 Å². The fraction of sp³-hybridized carbons (Fsp3) is 0.300. The molecule has 30 heavy (non-hydrogen) atoms. The van der Waals surface area contributed by atoms with E-state index in [0.717, 1.165) is 15.4 Å². The highest BCUT2D eigenvalue weighted by atomic mass is 32.2. The number of halogens is 1. The molecule has 0 fully saturated rings. The Labute approximate surface area is 175 Å². The Hall–Kier alpha value is -2.98. The smallest absolute Gasteiger partial charge is 0.279 e. The quantitative estimate of drug-likeness (QED) is 0.642. The number of benzene rings is 2. The van der Waals surface area contributed by atoms with Crippen LogP contribution in [0.5, 0.6) is 5.75 Å². The molecule has 0 spiro atoms. The molecule has 0 radical (unpaired) electrons. The molecule has 0 heterocycles. The molecule has 2 rings (SSSR count). The molecule has 0 bridgehead atoms. The van der Waals surface area contributed by atoms with Gasteiger partial charge in [0.1, 0.15) is 0 Å². The van der Waals surface area contributed by atoms with Crippen molar-refractivity contribution in [2.75, 3.05) is 13.6 Å². The number of carbonyl (C=O) groups excluding carboxylic acids is 2. The molecule has 0 aliphatic rings. The normalized spacial score (nSPS) is 12.3. The van der Waals surface area contributed by atoms with Gasteiger partial charge in [-0.3, -0.25) is 20.4 Å². The van der Waals surface area contributed by atoms with Crippen molar-refractivity contribution in [3.8, 4) is 5.75 Å². The van der Waals surface area contributed by atoms with Crippen molar-refractivity contribution in [2.45, 2.75) is 31.8 Å². The highest BCUT2D eigenvalue weighted by Gasteiger charge is 2.24. The minimum absolute atomic E-state index is 0.0665. The van der Waals surface area contributed by atoms with E-state index in [2.05, 4.69) is 10.9 Å². The summed E-state index contributed by atoms with van der Waals surface area (Å²) in [5, 5.41) is 0. The van der Waals surface area contributed by atoms with E-state index in [1.165, 1.54) is 44.3 Å². The summed E-state index contributed by atoms with van der Waals surface area (Å²) in [7, 11) is -2.62. The van der Waals surface area contributed by atoms with Crippen LogP contribution in [0.1, 0.15) is 18.1 Å². The number of hydrazine groups is 1. The number of aryl methyl sites for hydroxylation is 2. The summed E-state index contributed by atoms with van der Waals surface area (Å²) in [5.41, 5.74) is 6.01. The molecule has 0 saturated heterocycles. The van der Waals surface area contributed by atoms with E-state index >= 15 is 0 Å². The van der Waals surface area contributed by atoms with E-state index in [-0.39, 0.29) is 10.6 Å². The van der Waals surface area contributed by atoms with Crippen molar-refractivity contribution in [1.82, 2.24) is 15.2 Å². The van der Waals surface area contributed by atoms with Crippen molar-refractivity contribution >= 4 is 21.8 Å². The van der Waals surface area contributed by atoms with Gasteiger partial charge in [0, 0.05) is 7.05 Å². The first-order valence-electron chi connectivity index (χ1n) is 9.06. The van der Waals surface area contributed by atoms with Crippen molar-refractivity contribution in [1.29, 1.82) is 0 Å². The summed E-state index contributed by atoms with van der Waals surface area (Å²) in [4.78, 5) is 24.2. The second-order valence-electron chi connectivity index (χ2n) is 6.74. The molecular weight excluding hydrogens is 413 g/mol. The first kappa shape index (κ1) is 23.3. The van der Waals surface area contributed by atoms with Gasteiger partial charge in [-0.15, -0.1) is 0 Å². The maximum atomic E-state index is 13.6. The lowest BCUT2D eigenvalue weighted by atomic mass is 10.1. The number of hydrogen-bond acceptors (Lipinski definition) is 5. The minimum Gasteiger partial charge on any atom is -0.478 e. The number of nitrogens with zero attached hydrogens (tertiary/aromatic N) is 1. The van der Waals surface area contributed by atoms with Gasteiger partial charge in [-0.2, -0.15) is 4.31 Å². The number of ether oxygens (including phenoxy) is 1. The van der Waals surface area contributed by atoms with Gasteiger partial charge in [0.2, 0.25) is 10.0 Å². The number of likely N-dealkylation sites (N-methyl/N-ethyl adjacent to an activating group) is 1. The highest BCUT2D eigenvalue weighted by molar-refractivity contribution is 7.89. The van der Waals surface area contributed by atoms with Crippen molar-refractivity contribution < 1.29 is 27.1 Å². The Morgan fingerprint density at radius 2 is 1.77 bits per heavy atom. The molecule has 8 nitrogen and oxygen atoms in total. The summed E-state index contributed by atoms with van der Waals surface area (Å²) >= 11 is 0. The van der Waals surface area contributed by atoms with Gasteiger partial charge in [0.05, 0.1) is 11.4 Å². The molecule has 2 aromatic carbocycles. The second-order valence-corrected chi connectivity index (χ2v) is 8.78. The Morgan fingerprint density at radius 1 is 1.10 bits per heavy atom. The summed E-state index contributed by atoms with van der Waals surface area (Å²) < 4.78 is 44.9. The lowest BCUT2D eigenvalue weighted by molar-refractivity contribution is -0.132. The standard InChI is InChI=1S/C20H24FN3O5S/c1-13-9-10-16(11-14(13)2)30(27,28)24(4)12-19(25)22-23-20(26)15(3)29-18-8-6-5-7-17(18)21/h5-11,15H,12H2,1-4H3,(H,22,25)(H,23,26)/t15-/m0/s1.